The third-order valence-corrected chi connectivity index (χ3v) is 4.36. The first kappa shape index (κ1) is 25.2. The van der Waals surface area contributed by atoms with Crippen LogP contribution in [0.25, 0.3) is 0 Å². The van der Waals surface area contributed by atoms with Crippen molar-refractivity contribution in [3.63, 3.8) is 0 Å². The highest BCUT2D eigenvalue weighted by molar-refractivity contribution is 5.85. The highest BCUT2D eigenvalue weighted by Crippen LogP contribution is 2.14. The van der Waals surface area contributed by atoms with Gasteiger partial charge < -0.3 is 15.4 Å². The van der Waals surface area contributed by atoms with Crippen LogP contribution in [0.2, 0.25) is 0 Å². The maximum absolute atomic E-state index is 12.3. The molecular formula is C16H35Cl2N3O2. The zero-order chi connectivity index (χ0) is 15.5. The van der Waals surface area contributed by atoms with E-state index in [1.807, 2.05) is 0 Å². The van der Waals surface area contributed by atoms with E-state index in [-0.39, 0.29) is 24.8 Å². The van der Waals surface area contributed by atoms with Gasteiger partial charge in [-0.3, -0.25) is 9.69 Å². The van der Waals surface area contributed by atoms with Gasteiger partial charge in [0, 0.05) is 45.8 Å². The van der Waals surface area contributed by atoms with E-state index in [9.17, 15) is 4.79 Å². The maximum atomic E-state index is 12.3. The van der Waals surface area contributed by atoms with Crippen molar-refractivity contribution in [3.8, 4) is 0 Å². The van der Waals surface area contributed by atoms with Gasteiger partial charge in [-0.1, -0.05) is 19.8 Å². The first-order valence-electron chi connectivity index (χ1n) is 8.43. The molecule has 1 heterocycles. The maximum Gasteiger partial charge on any atom is 0.222 e. The van der Waals surface area contributed by atoms with Crippen molar-refractivity contribution < 1.29 is 9.53 Å². The van der Waals surface area contributed by atoms with Crippen molar-refractivity contribution in [2.45, 2.75) is 51.5 Å². The lowest BCUT2D eigenvalue weighted by Crippen LogP contribution is -2.55. The molecule has 0 bridgehead atoms. The van der Waals surface area contributed by atoms with Gasteiger partial charge in [-0.15, -0.1) is 24.8 Å². The van der Waals surface area contributed by atoms with Gasteiger partial charge in [-0.25, -0.2) is 0 Å². The van der Waals surface area contributed by atoms with E-state index in [1.54, 1.807) is 7.11 Å². The van der Waals surface area contributed by atoms with E-state index < -0.39 is 0 Å². The van der Waals surface area contributed by atoms with Crippen molar-refractivity contribution in [1.82, 2.24) is 9.80 Å². The first-order valence-corrected chi connectivity index (χ1v) is 8.43. The molecule has 2 N–H and O–H groups in total. The SMILES string of the molecule is CCC1CN(C(=O)CCCCCCN)CCN1CCOC.Cl.Cl. The van der Waals surface area contributed by atoms with Crippen molar-refractivity contribution in [2.75, 3.05) is 46.4 Å². The van der Waals surface area contributed by atoms with Crippen molar-refractivity contribution in [1.29, 1.82) is 0 Å². The summed E-state index contributed by atoms with van der Waals surface area (Å²) in [6.07, 6.45) is 6.12. The van der Waals surface area contributed by atoms with E-state index in [0.717, 1.165) is 71.4 Å². The zero-order valence-electron chi connectivity index (χ0n) is 14.7. The summed E-state index contributed by atoms with van der Waals surface area (Å²) >= 11 is 0. The van der Waals surface area contributed by atoms with Crippen LogP contribution >= 0.6 is 24.8 Å². The van der Waals surface area contributed by atoms with Crippen LogP contribution in [-0.2, 0) is 9.53 Å². The van der Waals surface area contributed by atoms with Crippen LogP contribution in [0.3, 0.4) is 0 Å². The molecule has 0 radical (unpaired) electrons. The second-order valence-electron chi connectivity index (χ2n) is 5.88. The largest absolute Gasteiger partial charge is 0.383 e. The summed E-state index contributed by atoms with van der Waals surface area (Å²) in [4.78, 5) is 16.8. The number of nitrogens with two attached hydrogens (primary N) is 1. The summed E-state index contributed by atoms with van der Waals surface area (Å²) in [5.74, 6) is 0.326. The number of hydrogen-bond donors (Lipinski definition) is 1. The number of halogens is 2. The quantitative estimate of drug-likeness (QED) is 0.598. The van der Waals surface area contributed by atoms with Crippen LogP contribution in [0.15, 0.2) is 0 Å². The van der Waals surface area contributed by atoms with Gasteiger partial charge in [-0.2, -0.15) is 0 Å². The Kier molecular flexibility index (Phi) is 16.9. The molecule has 1 amide bonds. The van der Waals surface area contributed by atoms with Crippen molar-refractivity contribution in [2.24, 2.45) is 5.73 Å². The molecule has 0 aromatic heterocycles. The molecule has 0 aromatic rings. The van der Waals surface area contributed by atoms with Crippen LogP contribution in [0.1, 0.15) is 45.4 Å². The normalized spacial score (nSPS) is 18.2. The van der Waals surface area contributed by atoms with Crippen LogP contribution in [-0.4, -0.2) is 68.2 Å². The van der Waals surface area contributed by atoms with E-state index in [1.165, 1.54) is 0 Å². The Balaban J connectivity index is 0. The molecule has 0 saturated carbocycles. The van der Waals surface area contributed by atoms with Crippen LogP contribution in [0.4, 0.5) is 0 Å². The predicted molar refractivity (Wildman–Crippen MR) is 101 cm³/mol. The topological polar surface area (TPSA) is 58.8 Å². The Morgan fingerprint density at radius 3 is 2.48 bits per heavy atom. The highest BCUT2D eigenvalue weighted by Gasteiger charge is 2.27. The minimum absolute atomic E-state index is 0. The van der Waals surface area contributed by atoms with Gasteiger partial charge >= 0.3 is 0 Å². The summed E-state index contributed by atoms with van der Waals surface area (Å²) in [5.41, 5.74) is 5.48. The number of ether oxygens (including phenoxy) is 1. The number of carbonyl (C=O) groups excluding carboxylic acids is 1. The number of amides is 1. The van der Waals surface area contributed by atoms with Gasteiger partial charge in [-0.05, 0) is 25.8 Å². The summed E-state index contributed by atoms with van der Waals surface area (Å²) < 4.78 is 5.17. The predicted octanol–water partition coefficient (Wildman–Crippen LogP) is 2.31. The zero-order valence-corrected chi connectivity index (χ0v) is 16.3. The number of hydrogen-bond acceptors (Lipinski definition) is 4. The molecule has 1 unspecified atom stereocenters. The number of rotatable bonds is 10. The Morgan fingerprint density at radius 1 is 1.17 bits per heavy atom. The lowest BCUT2D eigenvalue weighted by molar-refractivity contribution is -0.134. The van der Waals surface area contributed by atoms with Crippen molar-refractivity contribution >= 4 is 30.7 Å². The second-order valence-corrected chi connectivity index (χ2v) is 5.88. The number of nitrogens with zero attached hydrogens (tertiary/aromatic N) is 2. The molecule has 1 aliphatic rings. The van der Waals surface area contributed by atoms with Gasteiger partial charge in [0.1, 0.15) is 0 Å². The molecule has 1 fully saturated rings. The molecule has 1 saturated heterocycles. The molecular weight excluding hydrogens is 337 g/mol. The van der Waals surface area contributed by atoms with Gasteiger partial charge in [0.15, 0.2) is 0 Å². The van der Waals surface area contributed by atoms with E-state index in [4.69, 9.17) is 10.5 Å². The molecule has 0 aromatic carbocycles. The summed E-state index contributed by atoms with van der Waals surface area (Å²) in [5, 5.41) is 0. The standard InChI is InChI=1S/C16H33N3O2.2ClH/c1-3-15-14-19(11-10-18(15)12-13-21-2)16(20)8-6-4-5-7-9-17;;/h15H,3-14,17H2,1-2H3;2*1H. The number of methoxy groups -OCH3 is 1. The minimum Gasteiger partial charge on any atom is -0.383 e. The number of piperazine rings is 1. The Morgan fingerprint density at radius 2 is 1.87 bits per heavy atom. The van der Waals surface area contributed by atoms with Gasteiger partial charge in [0.25, 0.3) is 0 Å². The summed E-state index contributed by atoms with van der Waals surface area (Å²) in [6, 6.07) is 0.482. The fourth-order valence-electron chi connectivity index (χ4n) is 2.94. The fourth-order valence-corrected chi connectivity index (χ4v) is 2.94. The van der Waals surface area contributed by atoms with E-state index >= 15 is 0 Å². The lowest BCUT2D eigenvalue weighted by Gasteiger charge is -2.41. The highest BCUT2D eigenvalue weighted by atomic mass is 35.5. The Bertz CT molecular complexity index is 296. The third kappa shape index (κ3) is 9.72. The average molecular weight is 372 g/mol. The van der Waals surface area contributed by atoms with Crippen LogP contribution in [0.5, 0.6) is 0 Å². The smallest absolute Gasteiger partial charge is 0.222 e. The third-order valence-electron chi connectivity index (χ3n) is 4.36. The Hall–Kier alpha value is -0.0700. The summed E-state index contributed by atoms with van der Waals surface area (Å²) in [7, 11) is 1.74. The molecule has 1 atom stereocenters. The van der Waals surface area contributed by atoms with Crippen LogP contribution in [0, 0.1) is 0 Å². The average Bonchev–Trinajstić information content (AvgIpc) is 2.52. The minimum atomic E-state index is 0. The number of unbranched alkanes of at least 4 members (excludes halogenated alkanes) is 3. The molecule has 0 spiro atoms. The Labute approximate surface area is 154 Å². The van der Waals surface area contributed by atoms with Crippen molar-refractivity contribution in [3.05, 3.63) is 0 Å². The number of carbonyl (C=O) groups is 1. The molecule has 1 rings (SSSR count). The second kappa shape index (κ2) is 15.5. The summed E-state index contributed by atoms with van der Waals surface area (Å²) in [6.45, 7) is 7.41. The molecule has 7 heteroatoms. The molecule has 5 nitrogen and oxygen atoms in total. The molecule has 23 heavy (non-hydrogen) atoms. The van der Waals surface area contributed by atoms with Gasteiger partial charge in [0.05, 0.1) is 6.61 Å². The first-order chi connectivity index (χ1) is 10.2. The van der Waals surface area contributed by atoms with E-state index in [0.29, 0.717) is 18.4 Å². The fraction of sp³-hybridized carbons (Fsp3) is 0.938. The monoisotopic (exact) mass is 371 g/mol. The molecule has 140 valence electrons. The lowest BCUT2D eigenvalue weighted by atomic mass is 10.1. The van der Waals surface area contributed by atoms with Crippen LogP contribution < -0.4 is 5.73 Å². The molecule has 0 aliphatic carbocycles. The van der Waals surface area contributed by atoms with E-state index in [2.05, 4.69) is 16.7 Å². The molecule has 1 aliphatic heterocycles. The van der Waals surface area contributed by atoms with Gasteiger partial charge in [0.2, 0.25) is 5.91 Å².